The molecular formula is C16H11Cl2N3O2. The van der Waals surface area contributed by atoms with E-state index in [0.717, 1.165) is 5.69 Å². The number of aromatic nitrogens is 1. The number of carbonyl (C=O) groups is 1. The third-order valence-electron chi connectivity index (χ3n) is 2.90. The lowest BCUT2D eigenvalue weighted by Gasteiger charge is -2.08. The molecule has 0 bridgehead atoms. The van der Waals surface area contributed by atoms with Gasteiger partial charge in [-0.05, 0) is 42.5 Å². The average Bonchev–Trinajstić information content (AvgIpc) is 3.02. The molecule has 0 aliphatic rings. The minimum Gasteiger partial charge on any atom is -0.459 e. The topological polar surface area (TPSA) is 67.2 Å². The Kier molecular flexibility index (Phi) is 4.50. The van der Waals surface area contributed by atoms with E-state index in [4.69, 9.17) is 27.6 Å². The van der Waals surface area contributed by atoms with Crippen molar-refractivity contribution in [2.24, 2.45) is 0 Å². The maximum absolute atomic E-state index is 11.8. The normalized spacial score (nSPS) is 10.3. The molecule has 0 aliphatic heterocycles. The number of nitrogens with one attached hydrogen (secondary N) is 2. The summed E-state index contributed by atoms with van der Waals surface area (Å²) in [4.78, 5) is 16.1. The second kappa shape index (κ2) is 6.73. The van der Waals surface area contributed by atoms with Crippen molar-refractivity contribution >= 4 is 46.3 Å². The number of benzene rings is 1. The number of furan rings is 1. The molecule has 2 N–H and O–H groups in total. The first-order valence-corrected chi connectivity index (χ1v) is 7.40. The Labute approximate surface area is 142 Å². The van der Waals surface area contributed by atoms with Crippen LogP contribution >= 0.6 is 23.2 Å². The van der Waals surface area contributed by atoms with Gasteiger partial charge in [-0.25, -0.2) is 4.98 Å². The second-order valence-corrected chi connectivity index (χ2v) is 5.52. The average molecular weight is 348 g/mol. The fourth-order valence-corrected chi connectivity index (χ4v) is 2.44. The zero-order chi connectivity index (χ0) is 16.2. The number of carbonyl (C=O) groups excluding carboxylic acids is 1. The van der Waals surface area contributed by atoms with E-state index >= 15 is 0 Å². The zero-order valence-corrected chi connectivity index (χ0v) is 13.2. The summed E-state index contributed by atoms with van der Waals surface area (Å²) < 4.78 is 5.02. The number of anilines is 3. The molecule has 7 heteroatoms. The molecule has 3 rings (SSSR count). The van der Waals surface area contributed by atoms with E-state index in [1.54, 1.807) is 42.5 Å². The van der Waals surface area contributed by atoms with Gasteiger partial charge in [-0.15, -0.1) is 0 Å². The second-order valence-electron chi connectivity index (χ2n) is 4.65. The van der Waals surface area contributed by atoms with Crippen molar-refractivity contribution in [2.75, 3.05) is 10.6 Å². The number of pyridine rings is 1. The summed E-state index contributed by atoms with van der Waals surface area (Å²) in [5.74, 6) is 0.499. The molecule has 0 radical (unpaired) electrons. The van der Waals surface area contributed by atoms with E-state index < -0.39 is 0 Å². The summed E-state index contributed by atoms with van der Waals surface area (Å²) in [6.07, 6.45) is 2.98. The van der Waals surface area contributed by atoms with Gasteiger partial charge in [0.25, 0.3) is 5.91 Å². The largest absolute Gasteiger partial charge is 0.459 e. The predicted octanol–water partition coefficient (Wildman–Crippen LogP) is 4.98. The number of hydrogen-bond acceptors (Lipinski definition) is 4. The molecule has 5 nitrogen and oxygen atoms in total. The third-order valence-corrected chi connectivity index (χ3v) is 3.34. The van der Waals surface area contributed by atoms with Crippen LogP contribution in [0.5, 0.6) is 0 Å². The van der Waals surface area contributed by atoms with Gasteiger partial charge in [-0.1, -0.05) is 23.2 Å². The quantitative estimate of drug-likeness (QED) is 0.698. The number of amides is 1. The molecule has 0 fully saturated rings. The van der Waals surface area contributed by atoms with Crippen LogP contribution in [0.2, 0.25) is 10.0 Å². The van der Waals surface area contributed by atoms with Crippen LogP contribution in [0.15, 0.2) is 59.3 Å². The lowest BCUT2D eigenvalue weighted by atomic mass is 10.3. The molecule has 0 spiro atoms. The summed E-state index contributed by atoms with van der Waals surface area (Å²) in [6, 6.07) is 11.8. The van der Waals surface area contributed by atoms with Crippen molar-refractivity contribution in [3.63, 3.8) is 0 Å². The Morgan fingerprint density at radius 2 is 1.83 bits per heavy atom. The van der Waals surface area contributed by atoms with Crippen molar-refractivity contribution in [3.05, 3.63) is 70.7 Å². The van der Waals surface area contributed by atoms with E-state index in [0.29, 0.717) is 21.6 Å². The first kappa shape index (κ1) is 15.4. The van der Waals surface area contributed by atoms with Gasteiger partial charge >= 0.3 is 0 Å². The Hall–Kier alpha value is -2.50. The molecule has 0 aliphatic carbocycles. The maximum atomic E-state index is 11.8. The lowest BCUT2D eigenvalue weighted by molar-refractivity contribution is 0.0996. The predicted molar refractivity (Wildman–Crippen MR) is 90.6 cm³/mol. The minimum absolute atomic E-state index is 0.237. The molecule has 0 saturated heterocycles. The maximum Gasteiger partial charge on any atom is 0.291 e. The number of nitrogens with zero attached hydrogens (tertiary/aromatic N) is 1. The van der Waals surface area contributed by atoms with Gasteiger partial charge in [0.05, 0.1) is 18.1 Å². The van der Waals surface area contributed by atoms with Gasteiger partial charge in [0.15, 0.2) is 5.76 Å². The van der Waals surface area contributed by atoms with Gasteiger partial charge in [0.1, 0.15) is 5.82 Å². The van der Waals surface area contributed by atoms with Gasteiger partial charge < -0.3 is 15.1 Å². The Morgan fingerprint density at radius 1 is 1.04 bits per heavy atom. The smallest absolute Gasteiger partial charge is 0.291 e. The number of halogens is 2. The van der Waals surface area contributed by atoms with E-state index in [2.05, 4.69) is 15.6 Å². The third kappa shape index (κ3) is 4.03. The van der Waals surface area contributed by atoms with Crippen LogP contribution in [0.25, 0.3) is 0 Å². The summed E-state index contributed by atoms with van der Waals surface area (Å²) in [6.45, 7) is 0. The molecule has 1 aromatic carbocycles. The molecule has 0 unspecified atom stereocenters. The molecule has 0 saturated carbocycles. The Balaban J connectivity index is 1.68. The molecule has 0 atom stereocenters. The molecule has 1 amide bonds. The van der Waals surface area contributed by atoms with E-state index in [1.165, 1.54) is 12.5 Å². The number of rotatable bonds is 4. The van der Waals surface area contributed by atoms with Crippen molar-refractivity contribution in [2.45, 2.75) is 0 Å². The van der Waals surface area contributed by atoms with Gasteiger partial charge in [0, 0.05) is 15.7 Å². The van der Waals surface area contributed by atoms with Crippen LogP contribution < -0.4 is 10.6 Å². The monoisotopic (exact) mass is 347 g/mol. The van der Waals surface area contributed by atoms with Gasteiger partial charge in [0.2, 0.25) is 0 Å². The molecule has 2 aromatic heterocycles. The van der Waals surface area contributed by atoms with Crippen molar-refractivity contribution in [1.82, 2.24) is 4.98 Å². The molecule has 2 heterocycles. The standard InChI is InChI=1S/C16H11Cl2N3O2/c17-10-6-11(18)8-13(7-10)20-15-4-3-12(9-19-15)21-16(22)14-2-1-5-23-14/h1-9H,(H,19,20)(H,21,22). The highest BCUT2D eigenvalue weighted by Crippen LogP contribution is 2.25. The minimum atomic E-state index is -0.334. The fraction of sp³-hybridized carbons (Fsp3) is 0. The van der Waals surface area contributed by atoms with Crippen molar-refractivity contribution in [1.29, 1.82) is 0 Å². The first-order valence-electron chi connectivity index (χ1n) is 6.64. The summed E-state index contributed by atoms with van der Waals surface area (Å²) in [7, 11) is 0. The first-order chi connectivity index (χ1) is 11.1. The van der Waals surface area contributed by atoms with Crippen molar-refractivity contribution in [3.8, 4) is 0 Å². The SMILES string of the molecule is O=C(Nc1ccc(Nc2cc(Cl)cc(Cl)c2)nc1)c1ccco1. The van der Waals surface area contributed by atoms with E-state index in [-0.39, 0.29) is 11.7 Å². The summed E-state index contributed by atoms with van der Waals surface area (Å²) in [5.41, 5.74) is 1.28. The van der Waals surface area contributed by atoms with Crippen LogP contribution in [0.3, 0.4) is 0 Å². The van der Waals surface area contributed by atoms with E-state index in [9.17, 15) is 4.79 Å². The van der Waals surface area contributed by atoms with Gasteiger partial charge in [-0.2, -0.15) is 0 Å². The summed E-state index contributed by atoms with van der Waals surface area (Å²) >= 11 is 11.9. The van der Waals surface area contributed by atoms with Gasteiger partial charge in [-0.3, -0.25) is 4.79 Å². The molecule has 3 aromatic rings. The Bertz CT molecular complexity index is 798. The van der Waals surface area contributed by atoms with Crippen LogP contribution in [0.1, 0.15) is 10.6 Å². The lowest BCUT2D eigenvalue weighted by Crippen LogP contribution is -2.11. The van der Waals surface area contributed by atoms with Crippen LogP contribution in [-0.2, 0) is 0 Å². The van der Waals surface area contributed by atoms with Crippen LogP contribution in [0, 0.1) is 0 Å². The van der Waals surface area contributed by atoms with Crippen LogP contribution in [0.4, 0.5) is 17.2 Å². The van der Waals surface area contributed by atoms with Crippen LogP contribution in [-0.4, -0.2) is 10.9 Å². The van der Waals surface area contributed by atoms with Crippen molar-refractivity contribution < 1.29 is 9.21 Å². The highest BCUT2D eigenvalue weighted by molar-refractivity contribution is 6.35. The highest BCUT2D eigenvalue weighted by atomic mass is 35.5. The molecule has 23 heavy (non-hydrogen) atoms. The zero-order valence-electron chi connectivity index (χ0n) is 11.7. The highest BCUT2D eigenvalue weighted by Gasteiger charge is 2.08. The molecule has 116 valence electrons. The summed E-state index contributed by atoms with van der Waals surface area (Å²) in [5, 5.41) is 6.83. The molecular weight excluding hydrogens is 337 g/mol. The fourth-order valence-electron chi connectivity index (χ4n) is 1.92. The van der Waals surface area contributed by atoms with E-state index in [1.807, 2.05) is 0 Å². The Morgan fingerprint density at radius 3 is 2.43 bits per heavy atom. The number of hydrogen-bond donors (Lipinski definition) is 2.